The third-order valence-corrected chi connectivity index (χ3v) is 4.80. The van der Waals surface area contributed by atoms with Crippen LogP contribution >= 0.6 is 0 Å². The SMILES string of the molecule is C=C1CCN(C(=O)/C=C/c2c(C(=O)OCC)c(C)n(CC)c2C)CC1. The second kappa shape index (κ2) is 8.19. The van der Waals surface area contributed by atoms with E-state index in [0.29, 0.717) is 25.3 Å². The van der Waals surface area contributed by atoms with Crippen molar-refractivity contribution in [2.24, 2.45) is 0 Å². The zero-order valence-electron chi connectivity index (χ0n) is 15.7. The van der Waals surface area contributed by atoms with Gasteiger partial charge in [-0.3, -0.25) is 4.79 Å². The van der Waals surface area contributed by atoms with Crippen LogP contribution in [-0.4, -0.2) is 41.0 Å². The molecule has 1 saturated heterocycles. The van der Waals surface area contributed by atoms with Crippen LogP contribution in [0.15, 0.2) is 18.2 Å². The van der Waals surface area contributed by atoms with Crippen LogP contribution in [0.3, 0.4) is 0 Å². The minimum atomic E-state index is -0.336. The number of esters is 1. The van der Waals surface area contributed by atoms with Gasteiger partial charge in [0.15, 0.2) is 0 Å². The second-order valence-electron chi connectivity index (χ2n) is 6.33. The normalized spacial score (nSPS) is 15.0. The van der Waals surface area contributed by atoms with Gasteiger partial charge in [-0.2, -0.15) is 0 Å². The van der Waals surface area contributed by atoms with E-state index < -0.39 is 0 Å². The van der Waals surface area contributed by atoms with Gasteiger partial charge in [-0.15, -0.1) is 0 Å². The van der Waals surface area contributed by atoms with Crippen molar-refractivity contribution in [2.75, 3.05) is 19.7 Å². The highest BCUT2D eigenvalue weighted by Crippen LogP contribution is 2.25. The van der Waals surface area contributed by atoms with E-state index >= 15 is 0 Å². The largest absolute Gasteiger partial charge is 0.462 e. The topological polar surface area (TPSA) is 51.5 Å². The number of hydrogen-bond acceptors (Lipinski definition) is 3. The van der Waals surface area contributed by atoms with Crippen LogP contribution in [0.1, 0.15) is 54.0 Å². The van der Waals surface area contributed by atoms with Crippen molar-refractivity contribution in [1.29, 1.82) is 0 Å². The predicted octanol–water partition coefficient (Wildman–Crippen LogP) is 3.49. The molecule has 0 radical (unpaired) electrons. The number of carbonyl (C=O) groups excluding carboxylic acids is 2. The summed E-state index contributed by atoms with van der Waals surface area (Å²) in [5.41, 5.74) is 4.37. The van der Waals surface area contributed by atoms with Crippen LogP contribution in [0, 0.1) is 13.8 Å². The lowest BCUT2D eigenvalue weighted by Gasteiger charge is -2.26. The Hall–Kier alpha value is -2.30. The molecular formula is C20H28N2O3. The summed E-state index contributed by atoms with van der Waals surface area (Å²) < 4.78 is 7.28. The molecule has 0 bridgehead atoms. The Kier molecular flexibility index (Phi) is 6.23. The lowest BCUT2D eigenvalue weighted by Crippen LogP contribution is -2.34. The van der Waals surface area contributed by atoms with Gasteiger partial charge in [0.05, 0.1) is 12.2 Å². The Morgan fingerprint density at radius 2 is 1.80 bits per heavy atom. The van der Waals surface area contributed by atoms with Crippen molar-refractivity contribution < 1.29 is 14.3 Å². The smallest absolute Gasteiger partial charge is 0.340 e. The summed E-state index contributed by atoms with van der Waals surface area (Å²) in [7, 11) is 0. The van der Waals surface area contributed by atoms with Gasteiger partial charge < -0.3 is 14.2 Å². The molecule has 5 heteroatoms. The first-order chi connectivity index (χ1) is 11.9. The third kappa shape index (κ3) is 4.03. The molecule has 0 aliphatic carbocycles. The van der Waals surface area contributed by atoms with Crippen molar-refractivity contribution in [3.63, 3.8) is 0 Å². The average Bonchev–Trinajstić information content (AvgIpc) is 2.83. The molecule has 1 aliphatic heterocycles. The van der Waals surface area contributed by atoms with Gasteiger partial charge in [-0.05, 0) is 46.6 Å². The standard InChI is InChI=1S/C20H28N2O3/c1-6-22-15(4)17(19(16(22)5)20(24)25-7-2)8-9-18(23)21-12-10-14(3)11-13-21/h8-9H,3,6-7,10-13H2,1-2,4-5H3/b9-8+. The molecular weight excluding hydrogens is 316 g/mol. The van der Waals surface area contributed by atoms with Crippen LogP contribution in [0.4, 0.5) is 0 Å². The molecule has 0 N–H and O–H groups in total. The summed E-state index contributed by atoms with van der Waals surface area (Å²) in [4.78, 5) is 26.6. The summed E-state index contributed by atoms with van der Waals surface area (Å²) in [6, 6.07) is 0. The fraction of sp³-hybridized carbons (Fsp3) is 0.500. The van der Waals surface area contributed by atoms with Gasteiger partial charge in [-0.25, -0.2) is 4.79 Å². The Bertz CT molecular complexity index is 703. The quantitative estimate of drug-likeness (QED) is 0.467. The van der Waals surface area contributed by atoms with E-state index in [-0.39, 0.29) is 11.9 Å². The molecule has 0 saturated carbocycles. The molecule has 25 heavy (non-hydrogen) atoms. The highest BCUT2D eigenvalue weighted by atomic mass is 16.5. The fourth-order valence-corrected chi connectivity index (χ4v) is 3.35. The molecule has 1 aromatic rings. The second-order valence-corrected chi connectivity index (χ2v) is 6.33. The molecule has 136 valence electrons. The van der Waals surface area contributed by atoms with Crippen LogP contribution < -0.4 is 0 Å². The molecule has 0 unspecified atom stereocenters. The molecule has 1 amide bonds. The lowest BCUT2D eigenvalue weighted by atomic mass is 10.1. The molecule has 2 heterocycles. The van der Waals surface area contributed by atoms with Gasteiger partial charge in [0.25, 0.3) is 0 Å². The molecule has 1 fully saturated rings. The Morgan fingerprint density at radius 3 is 2.36 bits per heavy atom. The number of aromatic nitrogens is 1. The van der Waals surface area contributed by atoms with Crippen LogP contribution in [0.5, 0.6) is 0 Å². The van der Waals surface area contributed by atoms with E-state index in [1.165, 1.54) is 5.57 Å². The molecule has 0 aromatic carbocycles. The van der Waals surface area contributed by atoms with Crippen molar-refractivity contribution in [2.45, 2.75) is 47.1 Å². The van der Waals surface area contributed by atoms with E-state index in [1.54, 1.807) is 19.1 Å². The van der Waals surface area contributed by atoms with Gasteiger partial charge >= 0.3 is 5.97 Å². The van der Waals surface area contributed by atoms with E-state index in [4.69, 9.17) is 4.74 Å². The van der Waals surface area contributed by atoms with Gasteiger partial charge in [0, 0.05) is 42.7 Å². The number of hydrogen-bond donors (Lipinski definition) is 0. The number of likely N-dealkylation sites (tertiary alicyclic amines) is 1. The maximum absolute atomic E-state index is 12.4. The number of ether oxygens (including phenoxy) is 1. The number of nitrogens with zero attached hydrogens (tertiary/aromatic N) is 2. The van der Waals surface area contributed by atoms with E-state index in [0.717, 1.165) is 36.3 Å². The molecule has 1 aromatic heterocycles. The molecule has 5 nitrogen and oxygen atoms in total. The Labute approximate surface area is 150 Å². The zero-order chi connectivity index (χ0) is 18.6. The van der Waals surface area contributed by atoms with Crippen molar-refractivity contribution in [3.05, 3.63) is 40.7 Å². The average molecular weight is 344 g/mol. The summed E-state index contributed by atoms with van der Waals surface area (Å²) in [5, 5.41) is 0. The Balaban J connectivity index is 2.29. The monoisotopic (exact) mass is 344 g/mol. The van der Waals surface area contributed by atoms with Crippen molar-refractivity contribution in [3.8, 4) is 0 Å². The first kappa shape index (κ1) is 19.0. The maximum atomic E-state index is 12.4. The van der Waals surface area contributed by atoms with Crippen LogP contribution in [0.25, 0.3) is 6.08 Å². The maximum Gasteiger partial charge on any atom is 0.340 e. The number of amides is 1. The molecule has 0 spiro atoms. The number of rotatable bonds is 5. The summed E-state index contributed by atoms with van der Waals surface area (Å²) in [6.07, 6.45) is 5.04. The summed E-state index contributed by atoms with van der Waals surface area (Å²) in [5.74, 6) is -0.361. The molecule has 2 rings (SSSR count). The van der Waals surface area contributed by atoms with Crippen molar-refractivity contribution in [1.82, 2.24) is 9.47 Å². The first-order valence-electron chi connectivity index (χ1n) is 8.91. The molecule has 1 aliphatic rings. The minimum absolute atomic E-state index is 0.0244. The minimum Gasteiger partial charge on any atom is -0.462 e. The van der Waals surface area contributed by atoms with Crippen LogP contribution in [-0.2, 0) is 16.1 Å². The fourth-order valence-electron chi connectivity index (χ4n) is 3.35. The van der Waals surface area contributed by atoms with Crippen LogP contribution in [0.2, 0.25) is 0 Å². The van der Waals surface area contributed by atoms with Gasteiger partial charge in [-0.1, -0.05) is 12.2 Å². The first-order valence-corrected chi connectivity index (χ1v) is 8.91. The zero-order valence-corrected chi connectivity index (χ0v) is 15.7. The predicted molar refractivity (Wildman–Crippen MR) is 99.5 cm³/mol. The van der Waals surface area contributed by atoms with Crippen molar-refractivity contribution >= 4 is 18.0 Å². The summed E-state index contributed by atoms with van der Waals surface area (Å²) >= 11 is 0. The molecule has 0 atom stereocenters. The van der Waals surface area contributed by atoms with E-state index in [1.807, 2.05) is 25.7 Å². The van der Waals surface area contributed by atoms with E-state index in [9.17, 15) is 9.59 Å². The van der Waals surface area contributed by atoms with Gasteiger partial charge in [0.1, 0.15) is 0 Å². The third-order valence-electron chi connectivity index (χ3n) is 4.80. The highest BCUT2D eigenvalue weighted by molar-refractivity contribution is 5.98. The lowest BCUT2D eigenvalue weighted by molar-refractivity contribution is -0.126. The summed E-state index contributed by atoms with van der Waals surface area (Å²) in [6.45, 7) is 14.2. The number of piperidine rings is 1. The highest BCUT2D eigenvalue weighted by Gasteiger charge is 2.23. The Morgan fingerprint density at radius 1 is 1.16 bits per heavy atom. The number of carbonyl (C=O) groups is 2. The van der Waals surface area contributed by atoms with Gasteiger partial charge in [0.2, 0.25) is 5.91 Å². The van der Waals surface area contributed by atoms with E-state index in [2.05, 4.69) is 11.1 Å².